The highest BCUT2D eigenvalue weighted by Gasteiger charge is 2.30. The maximum Gasteiger partial charge on any atom is 0.251 e. The summed E-state index contributed by atoms with van der Waals surface area (Å²) in [6, 6.07) is 17.2. The van der Waals surface area contributed by atoms with E-state index >= 15 is 0 Å². The van der Waals surface area contributed by atoms with Crippen LogP contribution in [0.15, 0.2) is 54.6 Å². The normalized spacial score (nSPS) is 19.1. The van der Waals surface area contributed by atoms with Crippen LogP contribution >= 0.6 is 0 Å². The molecule has 2 heterocycles. The zero-order valence-corrected chi connectivity index (χ0v) is 20.9. The molecule has 0 aliphatic carbocycles. The van der Waals surface area contributed by atoms with Crippen molar-refractivity contribution in [3.63, 3.8) is 0 Å². The summed E-state index contributed by atoms with van der Waals surface area (Å²) in [6.45, 7) is 4.66. The van der Waals surface area contributed by atoms with Gasteiger partial charge in [-0.2, -0.15) is 0 Å². The van der Waals surface area contributed by atoms with Crippen LogP contribution in [-0.4, -0.2) is 74.5 Å². The van der Waals surface area contributed by atoms with Gasteiger partial charge in [-0.1, -0.05) is 30.3 Å². The van der Waals surface area contributed by atoms with Crippen LogP contribution in [-0.2, 0) is 4.79 Å². The number of amides is 2. The van der Waals surface area contributed by atoms with Gasteiger partial charge >= 0.3 is 0 Å². The van der Waals surface area contributed by atoms with Crippen molar-refractivity contribution in [1.82, 2.24) is 20.4 Å². The molecule has 2 fully saturated rings. The topological polar surface area (TPSA) is 73.9 Å². The molecule has 0 radical (unpaired) electrons. The van der Waals surface area contributed by atoms with Crippen LogP contribution in [0.4, 0.5) is 0 Å². The van der Waals surface area contributed by atoms with Crippen molar-refractivity contribution in [1.29, 1.82) is 0 Å². The molecule has 4 rings (SSSR count). The number of nitrogens with one attached hydrogen (secondary N) is 2. The third kappa shape index (κ3) is 6.83. The van der Waals surface area contributed by atoms with Crippen LogP contribution < -0.4 is 15.4 Å². The molecule has 2 aliphatic heterocycles. The van der Waals surface area contributed by atoms with Gasteiger partial charge in [-0.05, 0) is 88.7 Å². The first kappa shape index (κ1) is 25.2. The monoisotopic (exact) mass is 478 g/mol. The lowest BCUT2D eigenvalue weighted by Crippen LogP contribution is -2.49. The molecule has 0 bridgehead atoms. The zero-order valence-electron chi connectivity index (χ0n) is 20.9. The summed E-state index contributed by atoms with van der Waals surface area (Å²) in [5, 5.41) is 6.22. The summed E-state index contributed by atoms with van der Waals surface area (Å²) in [7, 11) is 3.79. The molecule has 7 nitrogen and oxygen atoms in total. The largest absolute Gasteiger partial charge is 0.497 e. The van der Waals surface area contributed by atoms with Crippen LogP contribution in [0.1, 0.15) is 47.6 Å². The lowest BCUT2D eigenvalue weighted by Gasteiger charge is -2.40. The quantitative estimate of drug-likeness (QED) is 0.610. The number of carbonyl (C=O) groups excluding carboxylic acids is 2. The maximum absolute atomic E-state index is 13.0. The average Bonchev–Trinajstić information content (AvgIpc) is 2.91. The van der Waals surface area contributed by atoms with E-state index in [4.69, 9.17) is 4.74 Å². The number of ether oxygens (including phenoxy) is 1. The van der Waals surface area contributed by atoms with Gasteiger partial charge in [-0.25, -0.2) is 0 Å². The van der Waals surface area contributed by atoms with Gasteiger partial charge in [0, 0.05) is 24.1 Å². The van der Waals surface area contributed by atoms with Gasteiger partial charge in [0.1, 0.15) is 5.75 Å². The number of benzene rings is 2. The number of piperidine rings is 2. The number of carbonyl (C=O) groups is 2. The minimum Gasteiger partial charge on any atom is -0.497 e. The summed E-state index contributed by atoms with van der Waals surface area (Å²) in [4.78, 5) is 30.9. The SMILES string of the molecule is COc1ccc(C(=O)N[C@@H](CNC(=O)C2CCN(C3CCN(C)CC3)CC2)c2ccccc2)cc1. The van der Waals surface area contributed by atoms with Crippen molar-refractivity contribution in [3.8, 4) is 5.75 Å². The van der Waals surface area contributed by atoms with Crippen molar-refractivity contribution < 1.29 is 14.3 Å². The average molecular weight is 479 g/mol. The molecule has 0 spiro atoms. The molecule has 2 saturated heterocycles. The van der Waals surface area contributed by atoms with Crippen LogP contribution in [0.25, 0.3) is 0 Å². The Morgan fingerprint density at radius 3 is 2.23 bits per heavy atom. The minimum absolute atomic E-state index is 0.0335. The van der Waals surface area contributed by atoms with Gasteiger partial charge in [0.15, 0.2) is 0 Å². The van der Waals surface area contributed by atoms with E-state index < -0.39 is 0 Å². The second-order valence-electron chi connectivity index (χ2n) is 9.76. The Morgan fingerprint density at radius 1 is 0.943 bits per heavy atom. The molecule has 188 valence electrons. The molecule has 2 N–H and O–H groups in total. The Labute approximate surface area is 208 Å². The van der Waals surface area contributed by atoms with E-state index in [1.54, 1.807) is 31.4 Å². The van der Waals surface area contributed by atoms with Crippen LogP contribution in [0.3, 0.4) is 0 Å². The first-order valence-electron chi connectivity index (χ1n) is 12.7. The van der Waals surface area contributed by atoms with Gasteiger partial charge in [0.05, 0.1) is 13.2 Å². The van der Waals surface area contributed by atoms with E-state index in [0.717, 1.165) is 44.6 Å². The fourth-order valence-electron chi connectivity index (χ4n) is 5.16. The lowest BCUT2D eigenvalue weighted by atomic mass is 9.92. The van der Waals surface area contributed by atoms with Crippen molar-refractivity contribution in [3.05, 3.63) is 65.7 Å². The molecule has 2 aliphatic rings. The van der Waals surface area contributed by atoms with E-state index in [-0.39, 0.29) is 23.8 Å². The third-order valence-electron chi connectivity index (χ3n) is 7.44. The third-order valence-corrected chi connectivity index (χ3v) is 7.44. The van der Waals surface area contributed by atoms with Gasteiger partial charge in [-0.3, -0.25) is 9.59 Å². The van der Waals surface area contributed by atoms with Crippen LogP contribution in [0.2, 0.25) is 0 Å². The molecule has 0 aromatic heterocycles. The second kappa shape index (κ2) is 12.2. The number of hydrogen-bond donors (Lipinski definition) is 2. The predicted molar refractivity (Wildman–Crippen MR) is 137 cm³/mol. The summed E-state index contributed by atoms with van der Waals surface area (Å²) < 4.78 is 5.18. The molecule has 0 unspecified atom stereocenters. The first-order chi connectivity index (χ1) is 17.0. The minimum atomic E-state index is -0.311. The molecule has 35 heavy (non-hydrogen) atoms. The lowest BCUT2D eigenvalue weighted by molar-refractivity contribution is -0.126. The summed E-state index contributed by atoms with van der Waals surface area (Å²) in [6.07, 6.45) is 4.23. The highest BCUT2D eigenvalue weighted by Crippen LogP contribution is 2.24. The standard InChI is InChI=1S/C28H38N4O3/c1-31-16-14-24(15-17-31)32-18-12-23(13-19-32)27(33)29-20-26(21-6-4-3-5-7-21)30-28(34)22-8-10-25(35-2)11-9-22/h3-11,23-24,26H,12-20H2,1-2H3,(H,29,33)(H,30,34)/t26-/m0/s1. The van der Waals surface area contributed by atoms with Crippen LogP contribution in [0, 0.1) is 5.92 Å². The highest BCUT2D eigenvalue weighted by atomic mass is 16.5. The fourth-order valence-corrected chi connectivity index (χ4v) is 5.16. The van der Waals surface area contributed by atoms with E-state index in [0.29, 0.717) is 23.9 Å². The molecular formula is C28H38N4O3. The Hall–Kier alpha value is -2.90. The Balaban J connectivity index is 1.31. The van der Waals surface area contributed by atoms with Crippen molar-refractivity contribution in [2.24, 2.45) is 5.92 Å². The number of methoxy groups -OCH3 is 1. The summed E-state index contributed by atoms with van der Waals surface area (Å²) >= 11 is 0. The number of rotatable bonds is 8. The number of hydrogen-bond acceptors (Lipinski definition) is 5. The summed E-state index contributed by atoms with van der Waals surface area (Å²) in [5.74, 6) is 0.649. The van der Waals surface area contributed by atoms with Crippen molar-refractivity contribution in [2.45, 2.75) is 37.8 Å². The Kier molecular flexibility index (Phi) is 8.77. The van der Waals surface area contributed by atoms with Crippen molar-refractivity contribution >= 4 is 11.8 Å². The molecular weight excluding hydrogens is 440 g/mol. The zero-order chi connectivity index (χ0) is 24.6. The van der Waals surface area contributed by atoms with E-state index in [9.17, 15) is 9.59 Å². The highest BCUT2D eigenvalue weighted by molar-refractivity contribution is 5.94. The Bertz CT molecular complexity index is 950. The predicted octanol–water partition coefficient (Wildman–Crippen LogP) is 3.09. The van der Waals surface area contributed by atoms with Crippen LogP contribution in [0.5, 0.6) is 5.75 Å². The van der Waals surface area contributed by atoms with E-state index in [1.807, 2.05) is 30.3 Å². The molecule has 2 amide bonds. The number of nitrogens with zero attached hydrogens (tertiary/aromatic N) is 2. The molecule has 2 aromatic rings. The van der Waals surface area contributed by atoms with Crippen molar-refractivity contribution in [2.75, 3.05) is 46.9 Å². The molecule has 7 heteroatoms. The van der Waals surface area contributed by atoms with Gasteiger partial charge in [0.25, 0.3) is 5.91 Å². The van der Waals surface area contributed by atoms with E-state index in [2.05, 4.69) is 27.5 Å². The van der Waals surface area contributed by atoms with Gasteiger partial charge < -0.3 is 25.2 Å². The smallest absolute Gasteiger partial charge is 0.251 e. The van der Waals surface area contributed by atoms with Gasteiger partial charge in [-0.15, -0.1) is 0 Å². The molecule has 1 atom stereocenters. The number of likely N-dealkylation sites (tertiary alicyclic amines) is 2. The Morgan fingerprint density at radius 2 is 1.60 bits per heavy atom. The van der Waals surface area contributed by atoms with E-state index in [1.165, 1.54) is 12.8 Å². The molecule has 0 saturated carbocycles. The van der Waals surface area contributed by atoms with Gasteiger partial charge in [0.2, 0.25) is 5.91 Å². The first-order valence-corrected chi connectivity index (χ1v) is 12.7. The fraction of sp³-hybridized carbons (Fsp3) is 0.500. The second-order valence-corrected chi connectivity index (χ2v) is 9.76. The maximum atomic E-state index is 13.0. The summed E-state index contributed by atoms with van der Waals surface area (Å²) in [5.41, 5.74) is 1.52. The molecule has 2 aromatic carbocycles.